The van der Waals surface area contributed by atoms with E-state index in [9.17, 15) is 28.5 Å². The SMILES string of the molecule is CC/C=C\C/C=C\C/C=C\C/C=C\C/C=C\CCCC(=O)OC(COCCCCCCCC/C=C\CCCC)COC1OC(CO)C(O)C(OS(=O)(=O)O)C1O. The first kappa shape index (κ1) is 51.6. The first-order valence-electron chi connectivity index (χ1n) is 20.7. The summed E-state index contributed by atoms with van der Waals surface area (Å²) in [5.41, 5.74) is 0. The molecule has 0 aromatic carbocycles. The molecule has 1 aliphatic rings. The van der Waals surface area contributed by atoms with Crippen LogP contribution >= 0.6 is 0 Å². The Morgan fingerprint density at radius 1 is 0.696 bits per heavy atom. The number of carbonyl (C=O) groups is 1. The number of ether oxygens (including phenoxy) is 4. The van der Waals surface area contributed by atoms with Crippen LogP contribution < -0.4 is 0 Å². The maximum Gasteiger partial charge on any atom is 0.397 e. The molecule has 0 aromatic heterocycles. The van der Waals surface area contributed by atoms with Gasteiger partial charge < -0.3 is 34.3 Å². The van der Waals surface area contributed by atoms with Crippen LogP contribution in [0, 0.1) is 0 Å². The van der Waals surface area contributed by atoms with Gasteiger partial charge in [-0.2, -0.15) is 8.42 Å². The Labute approximate surface area is 337 Å². The molecule has 4 N–H and O–H groups in total. The summed E-state index contributed by atoms with van der Waals surface area (Å²) >= 11 is 0. The van der Waals surface area contributed by atoms with E-state index >= 15 is 0 Å². The second-order valence-electron chi connectivity index (χ2n) is 13.8. The molecule has 56 heavy (non-hydrogen) atoms. The molecule has 1 fully saturated rings. The zero-order valence-corrected chi connectivity index (χ0v) is 34.7. The summed E-state index contributed by atoms with van der Waals surface area (Å²) in [6.07, 6.45) is 33.8. The molecule has 0 amide bonds. The average molecular weight is 813 g/mol. The van der Waals surface area contributed by atoms with E-state index in [1.807, 2.05) is 6.08 Å². The third-order valence-corrected chi connectivity index (χ3v) is 9.28. The fraction of sp³-hybridized carbons (Fsp3) is 0.698. The van der Waals surface area contributed by atoms with Gasteiger partial charge in [0.2, 0.25) is 0 Å². The molecule has 1 aliphatic heterocycles. The summed E-state index contributed by atoms with van der Waals surface area (Å²) in [6.45, 7) is 3.72. The van der Waals surface area contributed by atoms with Crippen molar-refractivity contribution in [2.24, 2.45) is 0 Å². The molecular formula is C43H72O12S. The van der Waals surface area contributed by atoms with Crippen molar-refractivity contribution in [1.29, 1.82) is 0 Å². The molecule has 1 heterocycles. The second kappa shape index (κ2) is 34.6. The number of esters is 1. The predicted molar refractivity (Wildman–Crippen MR) is 220 cm³/mol. The van der Waals surface area contributed by atoms with E-state index in [1.54, 1.807) is 0 Å². The minimum atomic E-state index is -5.07. The highest BCUT2D eigenvalue weighted by Gasteiger charge is 2.48. The molecule has 0 spiro atoms. The van der Waals surface area contributed by atoms with Crippen LogP contribution in [0.5, 0.6) is 0 Å². The predicted octanol–water partition coefficient (Wildman–Crippen LogP) is 7.96. The smallest absolute Gasteiger partial charge is 0.397 e. The van der Waals surface area contributed by atoms with Crippen molar-refractivity contribution in [3.05, 3.63) is 72.9 Å². The van der Waals surface area contributed by atoms with Gasteiger partial charge in [-0.25, -0.2) is 4.18 Å². The van der Waals surface area contributed by atoms with Crippen LogP contribution in [0.2, 0.25) is 0 Å². The first-order chi connectivity index (χ1) is 27.1. The highest BCUT2D eigenvalue weighted by atomic mass is 32.3. The number of hydrogen-bond acceptors (Lipinski definition) is 11. The number of aliphatic hydroxyl groups is 3. The van der Waals surface area contributed by atoms with E-state index in [0.29, 0.717) is 19.4 Å². The summed E-state index contributed by atoms with van der Waals surface area (Å²) in [4.78, 5) is 12.8. The van der Waals surface area contributed by atoms with E-state index in [4.69, 9.17) is 23.5 Å². The molecule has 0 aliphatic carbocycles. The van der Waals surface area contributed by atoms with Crippen LogP contribution in [0.25, 0.3) is 0 Å². The molecule has 1 saturated heterocycles. The minimum Gasteiger partial charge on any atom is -0.457 e. The van der Waals surface area contributed by atoms with Gasteiger partial charge in [0, 0.05) is 13.0 Å². The molecule has 322 valence electrons. The molecule has 6 unspecified atom stereocenters. The Bertz CT molecular complexity index is 1260. The topological polar surface area (TPSA) is 178 Å². The maximum absolute atomic E-state index is 12.8. The molecule has 1 rings (SSSR count). The van der Waals surface area contributed by atoms with E-state index in [-0.39, 0.29) is 19.6 Å². The highest BCUT2D eigenvalue weighted by Crippen LogP contribution is 2.26. The van der Waals surface area contributed by atoms with Crippen molar-refractivity contribution in [2.75, 3.05) is 26.4 Å². The van der Waals surface area contributed by atoms with Crippen molar-refractivity contribution in [3.63, 3.8) is 0 Å². The van der Waals surface area contributed by atoms with Crippen LogP contribution in [-0.2, 0) is 38.3 Å². The van der Waals surface area contributed by atoms with Gasteiger partial charge in [-0.1, -0.05) is 125 Å². The van der Waals surface area contributed by atoms with Gasteiger partial charge in [0.15, 0.2) is 6.29 Å². The number of aliphatic hydroxyl groups excluding tert-OH is 3. The highest BCUT2D eigenvalue weighted by molar-refractivity contribution is 7.80. The van der Waals surface area contributed by atoms with Crippen molar-refractivity contribution >= 4 is 16.4 Å². The number of rotatable bonds is 34. The lowest BCUT2D eigenvalue weighted by molar-refractivity contribution is -0.301. The number of unbranched alkanes of at least 4 members (excludes halogenated alkanes) is 9. The van der Waals surface area contributed by atoms with Crippen LogP contribution in [0.3, 0.4) is 0 Å². The molecule has 6 atom stereocenters. The van der Waals surface area contributed by atoms with Gasteiger partial charge in [-0.15, -0.1) is 0 Å². The first-order valence-corrected chi connectivity index (χ1v) is 22.1. The number of hydrogen-bond donors (Lipinski definition) is 4. The van der Waals surface area contributed by atoms with Crippen molar-refractivity contribution in [1.82, 2.24) is 0 Å². The standard InChI is InChI=1S/C43H72O12S/c1-3-5-7-9-11-13-15-17-18-19-20-21-22-24-26-28-30-32-39(45)53-37(35-51-33-31-29-27-25-23-16-14-12-10-8-6-4-2)36-52-43-41(47)42(55-56(48,49)50)40(46)38(34-44)54-43/h5,7,10-13,17-18,20-21,24,26,37-38,40-44,46-47H,3-4,6,8-9,14-16,19,22-23,25,27-36H2,1-2H3,(H,48,49,50)/b7-5-,12-10-,13-11-,18-17-,21-20-,26-24-. The third-order valence-electron chi connectivity index (χ3n) is 8.81. The zero-order chi connectivity index (χ0) is 41.1. The molecule has 0 saturated carbocycles. The lowest BCUT2D eigenvalue weighted by Crippen LogP contribution is -2.60. The fourth-order valence-electron chi connectivity index (χ4n) is 5.69. The Hall–Kier alpha value is -2.46. The van der Waals surface area contributed by atoms with Crippen molar-refractivity contribution < 1.29 is 56.2 Å². The van der Waals surface area contributed by atoms with E-state index in [2.05, 4.69) is 84.9 Å². The van der Waals surface area contributed by atoms with Gasteiger partial charge in [0.05, 0.1) is 19.8 Å². The quantitative estimate of drug-likeness (QED) is 0.0214. The summed E-state index contributed by atoms with van der Waals surface area (Å²) in [5.74, 6) is -0.462. The lowest BCUT2D eigenvalue weighted by atomic mass is 9.99. The summed E-state index contributed by atoms with van der Waals surface area (Å²) < 4.78 is 58.8. The molecule has 12 nitrogen and oxygen atoms in total. The molecular weight excluding hydrogens is 741 g/mol. The van der Waals surface area contributed by atoms with Crippen LogP contribution in [0.15, 0.2) is 72.9 Å². The molecule has 0 aromatic rings. The van der Waals surface area contributed by atoms with E-state index in [0.717, 1.165) is 70.6 Å². The number of allylic oxidation sites excluding steroid dienone is 12. The van der Waals surface area contributed by atoms with Crippen LogP contribution in [-0.4, -0.2) is 97.5 Å². The van der Waals surface area contributed by atoms with Gasteiger partial charge in [0.25, 0.3) is 0 Å². The lowest BCUT2D eigenvalue weighted by Gasteiger charge is -2.41. The van der Waals surface area contributed by atoms with Crippen LogP contribution in [0.4, 0.5) is 0 Å². The molecule has 0 radical (unpaired) electrons. The van der Waals surface area contributed by atoms with Crippen molar-refractivity contribution in [2.45, 2.75) is 166 Å². The summed E-state index contributed by atoms with van der Waals surface area (Å²) in [7, 11) is -5.07. The van der Waals surface area contributed by atoms with Crippen molar-refractivity contribution in [3.8, 4) is 0 Å². The normalized spacial score (nSPS) is 21.6. The monoisotopic (exact) mass is 812 g/mol. The average Bonchev–Trinajstić information content (AvgIpc) is 3.17. The minimum absolute atomic E-state index is 0.00466. The van der Waals surface area contributed by atoms with Gasteiger partial charge >= 0.3 is 16.4 Å². The Balaban J connectivity index is 2.53. The Morgan fingerprint density at radius 2 is 1.23 bits per heavy atom. The summed E-state index contributed by atoms with van der Waals surface area (Å²) in [6, 6.07) is 0. The molecule has 0 bridgehead atoms. The maximum atomic E-state index is 12.8. The number of carbonyl (C=O) groups excluding carboxylic acids is 1. The van der Waals surface area contributed by atoms with Gasteiger partial charge in [-0.3, -0.25) is 9.35 Å². The van der Waals surface area contributed by atoms with E-state index < -0.39 is 59.8 Å². The Kier molecular flexibility index (Phi) is 31.8. The molecule has 13 heteroatoms. The second-order valence-corrected chi connectivity index (χ2v) is 14.9. The van der Waals surface area contributed by atoms with Gasteiger partial charge in [-0.05, 0) is 70.6 Å². The largest absolute Gasteiger partial charge is 0.457 e. The third kappa shape index (κ3) is 28.0. The van der Waals surface area contributed by atoms with E-state index in [1.165, 1.54) is 25.7 Å². The zero-order valence-electron chi connectivity index (χ0n) is 33.9. The fourth-order valence-corrected chi connectivity index (χ4v) is 6.20. The summed E-state index contributed by atoms with van der Waals surface area (Å²) in [5, 5.41) is 30.6. The van der Waals surface area contributed by atoms with Crippen LogP contribution in [0.1, 0.15) is 129 Å². The van der Waals surface area contributed by atoms with Gasteiger partial charge in [0.1, 0.15) is 30.5 Å². The Morgan fingerprint density at radius 3 is 1.82 bits per heavy atom.